The van der Waals surface area contributed by atoms with E-state index in [-0.39, 0.29) is 17.7 Å². The van der Waals surface area contributed by atoms with E-state index < -0.39 is 17.0 Å². The van der Waals surface area contributed by atoms with Crippen LogP contribution in [0.1, 0.15) is 65.5 Å². The summed E-state index contributed by atoms with van der Waals surface area (Å²) in [4.78, 5) is 14.6. The minimum absolute atomic E-state index is 0.0113. The average molecular weight is 447 g/mol. The normalized spacial score (nSPS) is 20.5. The van der Waals surface area contributed by atoms with E-state index in [0.29, 0.717) is 17.5 Å². The van der Waals surface area contributed by atoms with Crippen LogP contribution in [0.5, 0.6) is 0 Å². The Bertz CT molecular complexity index is 876. The minimum Gasteiger partial charge on any atom is -0.592 e. The Morgan fingerprint density at radius 1 is 1.32 bits per heavy atom. The van der Waals surface area contributed by atoms with E-state index in [1.54, 1.807) is 6.07 Å². The van der Waals surface area contributed by atoms with Gasteiger partial charge in [-0.05, 0) is 65.4 Å². The second-order valence-electron chi connectivity index (χ2n) is 9.91. The molecule has 0 bridgehead atoms. The Kier molecular flexibility index (Phi) is 7.03. The molecule has 1 aliphatic rings. The number of amides is 1. The maximum absolute atomic E-state index is 12.7. The van der Waals surface area contributed by atoms with Crippen LogP contribution >= 0.6 is 0 Å². The first-order chi connectivity index (χ1) is 14.5. The maximum Gasteiger partial charge on any atom is 0.410 e. The summed E-state index contributed by atoms with van der Waals surface area (Å²) in [7, 11) is 0. The van der Waals surface area contributed by atoms with Gasteiger partial charge in [0.2, 0.25) is 0 Å². The highest BCUT2D eigenvalue weighted by atomic mass is 32.2. The molecule has 0 spiro atoms. The third kappa shape index (κ3) is 6.02. The highest BCUT2D eigenvalue weighted by Crippen LogP contribution is 2.38. The van der Waals surface area contributed by atoms with Crippen molar-refractivity contribution < 1.29 is 14.1 Å². The summed E-state index contributed by atoms with van der Waals surface area (Å²) >= 11 is -1.61. The van der Waals surface area contributed by atoms with Crippen LogP contribution in [-0.2, 0) is 16.1 Å². The zero-order valence-corrected chi connectivity index (χ0v) is 19.9. The summed E-state index contributed by atoms with van der Waals surface area (Å²) in [6.45, 7) is 10.6. The van der Waals surface area contributed by atoms with Gasteiger partial charge in [0, 0.05) is 24.3 Å². The zero-order valence-electron chi connectivity index (χ0n) is 19.1. The highest BCUT2D eigenvalue weighted by Gasteiger charge is 2.42. The van der Waals surface area contributed by atoms with Crippen molar-refractivity contribution in [3.05, 3.63) is 48.2 Å². The first-order valence-electron chi connectivity index (χ1n) is 10.7. The fourth-order valence-corrected chi connectivity index (χ4v) is 4.71. The molecule has 2 aromatic rings. The van der Waals surface area contributed by atoms with Crippen LogP contribution in [0, 0.1) is 5.92 Å². The molecule has 3 rings (SSSR count). The Morgan fingerprint density at radius 3 is 2.58 bits per heavy atom. The van der Waals surface area contributed by atoms with Crippen molar-refractivity contribution in [2.24, 2.45) is 11.1 Å². The van der Waals surface area contributed by atoms with E-state index in [0.717, 1.165) is 24.8 Å². The Morgan fingerprint density at radius 2 is 2.00 bits per heavy atom. The number of ether oxygens (including phenoxy) is 1. The number of nitrogens with zero attached hydrogens (tertiary/aromatic N) is 3. The van der Waals surface area contributed by atoms with Crippen molar-refractivity contribution >= 4 is 17.5 Å². The first kappa shape index (κ1) is 23.6. The van der Waals surface area contributed by atoms with Gasteiger partial charge in [-0.25, -0.2) is 4.79 Å². The van der Waals surface area contributed by atoms with Gasteiger partial charge in [-0.15, -0.1) is 10.2 Å². The van der Waals surface area contributed by atoms with Gasteiger partial charge in [0.1, 0.15) is 5.60 Å². The molecule has 170 valence electrons. The molecule has 1 saturated heterocycles. The van der Waals surface area contributed by atoms with Gasteiger partial charge in [0.15, 0.2) is 0 Å². The van der Waals surface area contributed by atoms with Gasteiger partial charge in [-0.2, -0.15) is 0 Å². The summed E-state index contributed by atoms with van der Waals surface area (Å²) in [6, 6.07) is 11.9. The van der Waals surface area contributed by atoms with Crippen LogP contribution in [0.3, 0.4) is 0 Å². The molecule has 2 N–H and O–H groups in total. The molecular formula is C23H34N4O3S. The number of hydrogen-bond donors (Lipinski definition) is 1. The van der Waals surface area contributed by atoms with Gasteiger partial charge in [0.05, 0.1) is 17.4 Å². The van der Waals surface area contributed by atoms with Crippen molar-refractivity contribution in [3.8, 4) is 0 Å². The quantitative estimate of drug-likeness (QED) is 0.669. The lowest BCUT2D eigenvalue weighted by molar-refractivity contribution is 0.0130. The molecule has 1 aromatic carbocycles. The number of nitrogens with two attached hydrogens (primary N) is 1. The van der Waals surface area contributed by atoms with Crippen molar-refractivity contribution in [2.75, 3.05) is 6.54 Å². The molecule has 0 radical (unpaired) electrons. The molecule has 31 heavy (non-hydrogen) atoms. The summed E-state index contributed by atoms with van der Waals surface area (Å²) in [6.07, 6.45) is 4.30. The molecular weight excluding hydrogens is 412 g/mol. The summed E-state index contributed by atoms with van der Waals surface area (Å²) in [5.74, 6) is 0.368. The van der Waals surface area contributed by atoms with Gasteiger partial charge in [0.25, 0.3) is 5.03 Å². The number of hydrogen-bond acceptors (Lipinski definition) is 5. The smallest absolute Gasteiger partial charge is 0.410 e. The maximum atomic E-state index is 12.7. The molecule has 0 saturated carbocycles. The summed E-state index contributed by atoms with van der Waals surface area (Å²) < 4.78 is 19.1. The minimum atomic E-state index is -1.61. The molecule has 8 heteroatoms. The topological polar surface area (TPSA) is 96.4 Å². The second kappa shape index (κ2) is 9.22. The van der Waals surface area contributed by atoms with E-state index in [9.17, 15) is 9.35 Å². The number of aromatic nitrogens is 2. The fourth-order valence-electron chi connectivity index (χ4n) is 4.34. The number of rotatable bonds is 6. The van der Waals surface area contributed by atoms with Crippen LogP contribution in [0.15, 0.2) is 47.6 Å². The van der Waals surface area contributed by atoms with Crippen LogP contribution < -0.4 is 5.14 Å². The van der Waals surface area contributed by atoms with Crippen LogP contribution in [0.25, 0.3) is 0 Å². The second-order valence-corrected chi connectivity index (χ2v) is 10.9. The number of carbonyl (C=O) groups excluding carboxylic acids is 1. The van der Waals surface area contributed by atoms with Gasteiger partial charge in [-0.1, -0.05) is 30.3 Å². The predicted molar refractivity (Wildman–Crippen MR) is 122 cm³/mol. The monoisotopic (exact) mass is 446 g/mol. The molecule has 3 atom stereocenters. The Balaban J connectivity index is 1.72. The van der Waals surface area contributed by atoms with Gasteiger partial charge < -0.3 is 14.2 Å². The highest BCUT2D eigenvalue weighted by molar-refractivity contribution is 7.89. The van der Waals surface area contributed by atoms with Crippen molar-refractivity contribution in [1.82, 2.24) is 14.7 Å². The van der Waals surface area contributed by atoms with Crippen LogP contribution in [0.4, 0.5) is 4.79 Å². The van der Waals surface area contributed by atoms with Crippen molar-refractivity contribution in [3.63, 3.8) is 0 Å². The third-order valence-electron chi connectivity index (χ3n) is 5.72. The van der Waals surface area contributed by atoms with Crippen LogP contribution in [-0.4, -0.2) is 43.0 Å². The molecule has 1 aromatic heterocycles. The molecule has 3 unspecified atom stereocenters. The average Bonchev–Trinajstić information content (AvgIpc) is 3.26. The summed E-state index contributed by atoms with van der Waals surface area (Å²) in [5, 5.41) is 10.3. The van der Waals surface area contributed by atoms with Crippen molar-refractivity contribution in [1.29, 1.82) is 0 Å². The molecule has 7 nitrogen and oxygen atoms in total. The molecule has 1 fully saturated rings. The lowest BCUT2D eigenvalue weighted by Gasteiger charge is -2.33. The first-order valence-corrected chi connectivity index (χ1v) is 11.9. The molecule has 1 amide bonds. The van der Waals surface area contributed by atoms with Gasteiger partial charge >= 0.3 is 6.09 Å². The number of carbonyl (C=O) groups is 1. The lowest BCUT2D eigenvalue weighted by Crippen LogP contribution is -2.45. The molecule has 2 heterocycles. The van der Waals surface area contributed by atoms with Gasteiger partial charge in [-0.3, -0.25) is 4.68 Å². The number of benzene rings is 1. The van der Waals surface area contributed by atoms with Crippen molar-refractivity contribution in [2.45, 2.75) is 76.1 Å². The standard InChI is InChI=1S/C23H34N4O3S/c1-22(2,3)30-21(28)26-16-17(15-23(26,4)5)11-12-19(18-9-7-6-8-10-18)27-14-13-20(25-27)31(24)29/h6-10,13-14,17,19H,11-12,15-16,24H2,1-5H3. The fraction of sp³-hybridized carbons (Fsp3) is 0.565. The predicted octanol–water partition coefficient (Wildman–Crippen LogP) is 4.27. The number of likely N-dealkylation sites (tertiary alicyclic amines) is 1. The molecule has 0 aliphatic carbocycles. The Labute approximate surface area is 188 Å². The van der Waals surface area contributed by atoms with E-state index >= 15 is 0 Å². The SMILES string of the molecule is CC(C)(C)OC(=O)N1CC(CCC(c2ccccc2)n2ccc([S+](N)[O-])n2)CC1(C)C. The van der Waals surface area contributed by atoms with E-state index in [2.05, 4.69) is 31.1 Å². The lowest BCUT2D eigenvalue weighted by atomic mass is 9.90. The van der Waals surface area contributed by atoms with Crippen LogP contribution in [0.2, 0.25) is 0 Å². The van der Waals surface area contributed by atoms with E-state index in [4.69, 9.17) is 9.88 Å². The third-order valence-corrected chi connectivity index (χ3v) is 6.35. The largest absolute Gasteiger partial charge is 0.592 e. The van der Waals surface area contributed by atoms with E-state index in [1.807, 2.05) is 54.7 Å². The Hall–Kier alpha value is -2.03. The molecule has 1 aliphatic heterocycles. The van der Waals surface area contributed by atoms with E-state index in [1.165, 1.54) is 0 Å². The zero-order chi connectivity index (χ0) is 22.8. The summed E-state index contributed by atoms with van der Waals surface area (Å²) in [5.41, 5.74) is 0.385.